The van der Waals surface area contributed by atoms with Gasteiger partial charge in [0.15, 0.2) is 5.82 Å². The number of carbonyl (C=O) groups is 2. The number of halogens is 1. The summed E-state index contributed by atoms with van der Waals surface area (Å²) >= 11 is 0. The van der Waals surface area contributed by atoms with Gasteiger partial charge in [-0.05, 0) is 67.6 Å². The molecule has 2 atom stereocenters. The van der Waals surface area contributed by atoms with E-state index in [2.05, 4.69) is 25.7 Å². The number of aryl methyl sites for hydroxylation is 1. The molecule has 1 saturated carbocycles. The summed E-state index contributed by atoms with van der Waals surface area (Å²) in [7, 11) is 4.79. The number of rotatable bonds is 7. The van der Waals surface area contributed by atoms with Gasteiger partial charge in [-0.3, -0.25) is 10.1 Å². The summed E-state index contributed by atoms with van der Waals surface area (Å²) in [6.45, 7) is 1.11. The predicted octanol–water partition coefficient (Wildman–Crippen LogP) is 4.76. The van der Waals surface area contributed by atoms with Crippen molar-refractivity contribution in [3.8, 4) is 28.5 Å². The highest BCUT2D eigenvalue weighted by Gasteiger charge is 2.30. The third-order valence-corrected chi connectivity index (χ3v) is 8.71. The molecular formula is C33H35FN8O4. The van der Waals surface area contributed by atoms with Crippen LogP contribution < -0.4 is 15.8 Å². The van der Waals surface area contributed by atoms with Crippen LogP contribution >= 0.6 is 0 Å². The maximum atomic E-state index is 14.3. The van der Waals surface area contributed by atoms with Crippen molar-refractivity contribution in [2.45, 2.75) is 38.0 Å². The molecule has 1 aromatic carbocycles. The molecule has 46 heavy (non-hydrogen) atoms. The van der Waals surface area contributed by atoms with E-state index in [1.165, 1.54) is 12.0 Å². The Labute approximate surface area is 264 Å². The molecule has 2 amide bonds. The third kappa shape index (κ3) is 5.51. The van der Waals surface area contributed by atoms with Crippen molar-refractivity contribution in [2.75, 3.05) is 32.6 Å². The van der Waals surface area contributed by atoms with E-state index in [1.807, 2.05) is 29.8 Å². The molecule has 4 aromatic heterocycles. The van der Waals surface area contributed by atoms with Crippen molar-refractivity contribution < 1.29 is 23.5 Å². The van der Waals surface area contributed by atoms with Crippen LogP contribution in [0.4, 0.5) is 15.0 Å². The summed E-state index contributed by atoms with van der Waals surface area (Å²) in [4.78, 5) is 40.9. The van der Waals surface area contributed by atoms with E-state index in [-0.39, 0.29) is 18.9 Å². The maximum Gasteiger partial charge on any atom is 0.412 e. The number of nitrogens with one attached hydrogen (secondary N) is 1. The maximum absolute atomic E-state index is 14.3. The van der Waals surface area contributed by atoms with Crippen molar-refractivity contribution in [3.63, 3.8) is 0 Å². The molecular weight excluding hydrogens is 591 g/mol. The lowest BCUT2D eigenvalue weighted by Crippen LogP contribution is -2.50. The van der Waals surface area contributed by atoms with Gasteiger partial charge in [0.05, 0.1) is 37.7 Å². The predicted molar refractivity (Wildman–Crippen MR) is 171 cm³/mol. The molecule has 7 rings (SSSR count). The van der Waals surface area contributed by atoms with Crippen molar-refractivity contribution in [2.24, 2.45) is 18.7 Å². The fraction of sp³-hybridized carbons (Fsp3) is 0.364. The Morgan fingerprint density at radius 1 is 1.09 bits per heavy atom. The normalized spacial score (nSPS) is 18.2. The smallest absolute Gasteiger partial charge is 0.412 e. The van der Waals surface area contributed by atoms with E-state index in [9.17, 15) is 14.0 Å². The van der Waals surface area contributed by atoms with Crippen LogP contribution in [0.15, 0.2) is 48.7 Å². The summed E-state index contributed by atoms with van der Waals surface area (Å²) in [5.74, 6) is 1.84. The average Bonchev–Trinajstić information content (AvgIpc) is 3.72. The highest BCUT2D eigenvalue weighted by molar-refractivity contribution is 6.00. The van der Waals surface area contributed by atoms with Crippen molar-refractivity contribution in [1.82, 2.24) is 29.0 Å². The van der Waals surface area contributed by atoms with Gasteiger partial charge in [-0.1, -0.05) is 0 Å². The lowest BCUT2D eigenvalue weighted by molar-refractivity contribution is 0.0606. The average molecular weight is 627 g/mol. The molecule has 13 heteroatoms. The number of fused-ring (bicyclic) bond motifs is 2. The van der Waals surface area contributed by atoms with Crippen molar-refractivity contribution in [1.29, 1.82) is 0 Å². The summed E-state index contributed by atoms with van der Waals surface area (Å²) in [6, 6.07) is 12.7. The zero-order valence-electron chi connectivity index (χ0n) is 25.9. The molecule has 1 aliphatic carbocycles. The number of anilines is 1. The van der Waals surface area contributed by atoms with Gasteiger partial charge >= 0.3 is 6.09 Å². The Hall–Kier alpha value is -5.04. The van der Waals surface area contributed by atoms with Gasteiger partial charge in [-0.2, -0.15) is 0 Å². The van der Waals surface area contributed by atoms with Crippen LogP contribution in [0.2, 0.25) is 0 Å². The van der Waals surface area contributed by atoms with E-state index in [1.54, 1.807) is 31.5 Å². The number of aromatic nitrogens is 5. The second-order valence-corrected chi connectivity index (χ2v) is 12.1. The fourth-order valence-electron chi connectivity index (χ4n) is 6.23. The number of nitrogens with zero attached hydrogens (tertiary/aromatic N) is 6. The molecule has 2 aliphatic rings. The first-order chi connectivity index (χ1) is 22.2. The SMILES string of the molecule is COC(=O)Nc1ccc(-c2ccc3cc(-c4nc5cc(C(=O)N6C[C@H](N)C[C@@H](F)C6)cc(OC)c5n4C)n(CC4CC4)c3n2)cn1. The Bertz CT molecular complexity index is 1960. The highest BCUT2D eigenvalue weighted by Crippen LogP contribution is 2.38. The van der Waals surface area contributed by atoms with Crippen LogP contribution in [-0.2, 0) is 18.3 Å². The minimum atomic E-state index is -1.15. The number of benzene rings is 1. The van der Waals surface area contributed by atoms with Gasteiger partial charge in [-0.15, -0.1) is 0 Å². The van der Waals surface area contributed by atoms with Crippen molar-refractivity contribution in [3.05, 3.63) is 54.2 Å². The standard InChI is InChI=1S/C33H35FN8O4/c1-40-29-25(10-21(12-27(29)45-2)32(43)41-16-22(34)13-23(35)17-41)38-31(40)26-11-19-6-8-24(37-30(19)42(26)15-18-4-5-18)20-7-9-28(36-14-20)39-33(44)46-3/h6-12,14,18,22-23H,4-5,13,15-17,35H2,1-3H3,(H,36,39,44)/t22-,23-/m1/s1. The number of imidazole rings is 1. The number of alkyl halides is 1. The van der Waals surface area contributed by atoms with E-state index in [4.69, 9.17) is 20.4 Å². The van der Waals surface area contributed by atoms with Gasteiger partial charge in [0.2, 0.25) is 0 Å². The number of piperidine rings is 1. The lowest BCUT2D eigenvalue weighted by Gasteiger charge is -2.33. The Kier molecular flexibility index (Phi) is 7.55. The molecule has 0 bridgehead atoms. The Morgan fingerprint density at radius 2 is 1.91 bits per heavy atom. The molecule has 0 spiro atoms. The van der Waals surface area contributed by atoms with E-state index in [0.29, 0.717) is 40.9 Å². The van der Waals surface area contributed by atoms with Crippen LogP contribution in [0.5, 0.6) is 5.75 Å². The third-order valence-electron chi connectivity index (χ3n) is 8.71. The molecule has 2 fully saturated rings. The van der Waals surface area contributed by atoms with Gasteiger partial charge in [0.25, 0.3) is 5.91 Å². The van der Waals surface area contributed by atoms with Gasteiger partial charge in [-0.25, -0.2) is 24.1 Å². The molecule has 5 aromatic rings. The fourth-order valence-corrected chi connectivity index (χ4v) is 6.23. The first-order valence-corrected chi connectivity index (χ1v) is 15.3. The largest absolute Gasteiger partial charge is 0.494 e. The number of likely N-dealkylation sites (tertiary alicyclic amines) is 1. The topological polar surface area (TPSA) is 142 Å². The van der Waals surface area contributed by atoms with Gasteiger partial charge in [0, 0.05) is 48.9 Å². The summed E-state index contributed by atoms with van der Waals surface area (Å²) in [5.41, 5.74) is 11.0. The molecule has 12 nitrogen and oxygen atoms in total. The lowest BCUT2D eigenvalue weighted by atomic mass is 10.0. The van der Waals surface area contributed by atoms with Crippen LogP contribution in [-0.4, -0.2) is 80.5 Å². The molecule has 1 saturated heterocycles. The van der Waals surface area contributed by atoms with Crippen LogP contribution in [0.3, 0.4) is 0 Å². The monoisotopic (exact) mass is 626 g/mol. The molecule has 238 valence electrons. The first kappa shape index (κ1) is 29.7. The minimum absolute atomic E-state index is 0.0151. The summed E-state index contributed by atoms with van der Waals surface area (Å²) < 4.78 is 28.9. The second kappa shape index (κ2) is 11.7. The molecule has 5 heterocycles. The zero-order chi connectivity index (χ0) is 32.1. The quantitative estimate of drug-likeness (QED) is 0.263. The Balaban J connectivity index is 1.29. The van der Waals surface area contributed by atoms with Gasteiger partial charge in [0.1, 0.15) is 28.9 Å². The number of nitrogens with two attached hydrogens (primary N) is 1. The van der Waals surface area contributed by atoms with Crippen molar-refractivity contribution >= 4 is 39.9 Å². The van der Waals surface area contributed by atoms with E-state index < -0.39 is 18.3 Å². The highest BCUT2D eigenvalue weighted by atomic mass is 19.1. The summed E-state index contributed by atoms with van der Waals surface area (Å²) in [6.07, 6.45) is 2.48. The van der Waals surface area contributed by atoms with Gasteiger partial charge < -0.3 is 29.2 Å². The number of methoxy groups -OCH3 is 2. The van der Waals surface area contributed by atoms with E-state index in [0.717, 1.165) is 52.9 Å². The molecule has 0 unspecified atom stereocenters. The first-order valence-electron chi connectivity index (χ1n) is 15.3. The van der Waals surface area contributed by atoms with Crippen LogP contribution in [0.25, 0.3) is 44.8 Å². The number of hydrogen-bond donors (Lipinski definition) is 2. The van der Waals surface area contributed by atoms with E-state index >= 15 is 0 Å². The van der Waals surface area contributed by atoms with Crippen LogP contribution in [0, 0.1) is 5.92 Å². The number of amides is 2. The zero-order valence-corrected chi connectivity index (χ0v) is 25.9. The molecule has 1 aliphatic heterocycles. The number of carbonyl (C=O) groups excluding carboxylic acids is 2. The Morgan fingerprint density at radius 3 is 2.61 bits per heavy atom. The molecule has 3 N–H and O–H groups in total. The second-order valence-electron chi connectivity index (χ2n) is 12.1. The van der Waals surface area contributed by atoms with Crippen LogP contribution in [0.1, 0.15) is 29.6 Å². The number of ether oxygens (including phenoxy) is 2. The molecule has 0 radical (unpaired) electrons. The number of hydrogen-bond acceptors (Lipinski definition) is 8. The number of pyridine rings is 2. The summed E-state index contributed by atoms with van der Waals surface area (Å²) in [5, 5.41) is 3.52. The minimum Gasteiger partial charge on any atom is -0.494 e.